The molecule has 0 aromatic heterocycles. The molecule has 2 fully saturated rings. The van der Waals surface area contributed by atoms with Crippen molar-refractivity contribution < 1.29 is 49.0 Å². The first kappa shape index (κ1) is 19.9. The number of Topliss-reactive ketones (excluding diaryl/α,β-unsaturated/α-hetero) is 2. The molecule has 4 N–H and O–H groups in total. The highest BCUT2D eigenvalue weighted by Crippen LogP contribution is 2.57. The van der Waals surface area contributed by atoms with Gasteiger partial charge in [-0.25, -0.2) is 0 Å². The van der Waals surface area contributed by atoms with Gasteiger partial charge in [-0.05, 0) is 13.8 Å². The Labute approximate surface area is 181 Å². The van der Waals surface area contributed by atoms with Crippen LogP contribution in [0, 0.1) is 0 Å². The summed E-state index contributed by atoms with van der Waals surface area (Å²) in [6.45, 7) is 3.07. The topological polar surface area (TPSA) is 160 Å². The zero-order valence-electron chi connectivity index (χ0n) is 17.1. The van der Waals surface area contributed by atoms with Crippen molar-refractivity contribution in [2.24, 2.45) is 0 Å². The number of hydrogen-bond acceptors (Lipinski definition) is 10. The van der Waals surface area contributed by atoms with E-state index in [2.05, 4.69) is 0 Å². The number of rotatable bonds is 0. The van der Waals surface area contributed by atoms with Crippen LogP contribution in [-0.2, 0) is 19.0 Å². The lowest BCUT2D eigenvalue weighted by atomic mass is 9.63. The predicted octanol–water partition coefficient (Wildman–Crippen LogP) is 0.504. The van der Waals surface area contributed by atoms with Gasteiger partial charge in [0, 0.05) is 28.7 Å². The summed E-state index contributed by atoms with van der Waals surface area (Å²) < 4.78 is 16.7. The Morgan fingerprint density at radius 1 is 0.969 bits per heavy atom. The van der Waals surface area contributed by atoms with Crippen LogP contribution in [0.3, 0.4) is 0 Å². The molecule has 168 valence electrons. The molecular formula is C22H20O10. The number of phenols is 2. The molecule has 2 bridgehead atoms. The molecule has 7 rings (SSSR count). The fourth-order valence-electron chi connectivity index (χ4n) is 5.95. The van der Waals surface area contributed by atoms with Gasteiger partial charge in [0.15, 0.2) is 17.7 Å². The van der Waals surface area contributed by atoms with Gasteiger partial charge in [0.25, 0.3) is 0 Å². The maximum atomic E-state index is 13.6. The Kier molecular flexibility index (Phi) is 3.70. The van der Waals surface area contributed by atoms with Crippen LogP contribution >= 0.6 is 0 Å². The van der Waals surface area contributed by atoms with Gasteiger partial charge < -0.3 is 34.6 Å². The van der Waals surface area contributed by atoms with Gasteiger partial charge in [-0.3, -0.25) is 14.4 Å². The molecule has 2 saturated heterocycles. The predicted molar refractivity (Wildman–Crippen MR) is 102 cm³/mol. The second-order valence-corrected chi connectivity index (χ2v) is 9.00. The Morgan fingerprint density at radius 3 is 2.31 bits per heavy atom. The summed E-state index contributed by atoms with van der Waals surface area (Å²) >= 11 is 0. The number of aliphatic hydroxyl groups excluding tert-OH is 1. The van der Waals surface area contributed by atoms with Gasteiger partial charge in [0.05, 0.1) is 42.0 Å². The van der Waals surface area contributed by atoms with E-state index in [0.717, 1.165) is 0 Å². The molecule has 32 heavy (non-hydrogen) atoms. The first-order chi connectivity index (χ1) is 15.1. The molecule has 2 aliphatic carbocycles. The molecule has 0 saturated carbocycles. The van der Waals surface area contributed by atoms with Crippen LogP contribution < -0.4 is 0 Å². The largest absolute Gasteiger partial charge is 0.507 e. The van der Waals surface area contributed by atoms with Crippen molar-refractivity contribution in [1.82, 2.24) is 0 Å². The van der Waals surface area contributed by atoms with E-state index in [0.29, 0.717) is 0 Å². The molecule has 0 spiro atoms. The fraction of sp³-hybridized carbons (Fsp3) is 0.500. The molecule has 10 nitrogen and oxygen atoms in total. The van der Waals surface area contributed by atoms with E-state index < -0.39 is 82.4 Å². The number of esters is 1. The van der Waals surface area contributed by atoms with Crippen molar-refractivity contribution in [3.63, 3.8) is 0 Å². The van der Waals surface area contributed by atoms with E-state index in [1.165, 1.54) is 6.92 Å². The highest BCUT2D eigenvalue weighted by molar-refractivity contribution is 6.30. The monoisotopic (exact) mass is 444 g/mol. The molecule has 4 aliphatic heterocycles. The number of hydrogen-bond donors (Lipinski definition) is 4. The molecule has 7 atom stereocenters. The third kappa shape index (κ3) is 2.06. The summed E-state index contributed by atoms with van der Waals surface area (Å²) in [5.41, 5.74) is -3.41. The summed E-state index contributed by atoms with van der Waals surface area (Å²) in [4.78, 5) is 39.0. The minimum Gasteiger partial charge on any atom is -0.507 e. The number of benzene rings is 1. The number of carbonyl (C=O) groups is 3. The number of ether oxygens (including phenoxy) is 3. The first-order valence-electron chi connectivity index (χ1n) is 10.4. The Balaban J connectivity index is 1.64. The quantitative estimate of drug-likeness (QED) is 0.328. The third-order valence-corrected chi connectivity index (χ3v) is 7.41. The van der Waals surface area contributed by atoms with Gasteiger partial charge in [-0.1, -0.05) is 0 Å². The van der Waals surface area contributed by atoms with Crippen LogP contribution in [0.2, 0.25) is 0 Å². The lowest BCUT2D eigenvalue weighted by Gasteiger charge is -2.52. The van der Waals surface area contributed by atoms with Crippen molar-refractivity contribution in [3.05, 3.63) is 33.4 Å². The van der Waals surface area contributed by atoms with Gasteiger partial charge in [0.2, 0.25) is 0 Å². The Hall–Kier alpha value is -2.79. The van der Waals surface area contributed by atoms with Gasteiger partial charge in [-0.15, -0.1) is 0 Å². The number of aromatic hydroxyl groups is 2. The number of fused-ring (bicyclic) bond motifs is 6. The Morgan fingerprint density at radius 2 is 1.62 bits per heavy atom. The summed E-state index contributed by atoms with van der Waals surface area (Å²) in [7, 11) is 0. The van der Waals surface area contributed by atoms with Gasteiger partial charge in [-0.2, -0.15) is 0 Å². The van der Waals surface area contributed by atoms with Crippen molar-refractivity contribution in [3.8, 4) is 11.5 Å². The van der Waals surface area contributed by atoms with E-state index in [1.807, 2.05) is 0 Å². The smallest absolute Gasteiger partial charge is 0.309 e. The van der Waals surface area contributed by atoms with Crippen LogP contribution in [-0.4, -0.2) is 68.0 Å². The average molecular weight is 444 g/mol. The second-order valence-electron chi connectivity index (χ2n) is 9.00. The second kappa shape index (κ2) is 5.96. The summed E-state index contributed by atoms with van der Waals surface area (Å²) in [6.07, 6.45) is -5.97. The Bertz CT molecular complexity index is 1170. The number of carbonyl (C=O) groups excluding carboxylic acids is 3. The van der Waals surface area contributed by atoms with Crippen LogP contribution in [0.1, 0.15) is 70.7 Å². The van der Waals surface area contributed by atoms with Gasteiger partial charge >= 0.3 is 5.97 Å². The maximum Gasteiger partial charge on any atom is 0.309 e. The molecule has 1 aromatic carbocycles. The zero-order valence-corrected chi connectivity index (χ0v) is 17.1. The van der Waals surface area contributed by atoms with Gasteiger partial charge in [0.1, 0.15) is 23.2 Å². The highest BCUT2D eigenvalue weighted by atomic mass is 16.6. The van der Waals surface area contributed by atoms with Crippen molar-refractivity contribution >= 4 is 17.5 Å². The summed E-state index contributed by atoms with van der Waals surface area (Å²) in [5.74, 6) is -3.36. The average Bonchev–Trinajstić information content (AvgIpc) is 3.09. The number of aliphatic hydroxyl groups is 2. The first-order valence-corrected chi connectivity index (χ1v) is 10.4. The minimum atomic E-state index is -2.14. The number of phenolic OH excluding ortho intramolecular Hbond substituents is 2. The van der Waals surface area contributed by atoms with E-state index >= 15 is 0 Å². The molecule has 1 aromatic rings. The molecular weight excluding hydrogens is 424 g/mol. The van der Waals surface area contributed by atoms with Crippen molar-refractivity contribution in [2.45, 2.75) is 68.9 Å². The zero-order chi connectivity index (χ0) is 22.9. The SMILES string of the molecule is CC1O[C@H]2CC(O)C1(O)C1=C2C(=O)c2c(O)c3c(c(O)c2C1=O)[C@H](C)O[C@H]1CC(=O)O[C@@H]31. The molecule has 3 unspecified atom stereocenters. The van der Waals surface area contributed by atoms with Crippen LogP contribution in [0.15, 0.2) is 11.1 Å². The summed E-state index contributed by atoms with van der Waals surface area (Å²) in [6, 6.07) is 0. The van der Waals surface area contributed by atoms with E-state index in [1.54, 1.807) is 6.92 Å². The molecule has 10 heteroatoms. The van der Waals surface area contributed by atoms with Crippen molar-refractivity contribution in [1.29, 1.82) is 0 Å². The van der Waals surface area contributed by atoms with E-state index in [9.17, 15) is 34.8 Å². The van der Waals surface area contributed by atoms with Crippen LogP contribution in [0.5, 0.6) is 11.5 Å². The molecule has 0 amide bonds. The normalized spacial score (nSPS) is 39.4. The minimum absolute atomic E-state index is 0.0371. The molecule has 4 heterocycles. The molecule has 6 aliphatic rings. The summed E-state index contributed by atoms with van der Waals surface area (Å²) in [5, 5.41) is 44.0. The number of ketones is 2. The maximum absolute atomic E-state index is 13.6. The lowest BCUT2D eigenvalue weighted by Crippen LogP contribution is -2.66. The standard InChI is InChI=1S/C22H20O10/c1-5-11-15(21-8(30-5)4-10(24)32-21)19(27)13-14(17(11)25)20(28)16-12(18(13)26)7-3-9(23)22(16,29)6(2)31-7/h5-9,21,23,25,27,29H,3-4H2,1-2H3/t5-,6?,7-,8-,9?,21+,22?/m0/s1. The fourth-order valence-corrected chi connectivity index (χ4v) is 5.95. The highest BCUT2D eigenvalue weighted by Gasteiger charge is 2.62. The third-order valence-electron chi connectivity index (χ3n) is 7.41. The van der Waals surface area contributed by atoms with Crippen LogP contribution in [0.4, 0.5) is 0 Å². The van der Waals surface area contributed by atoms with Crippen molar-refractivity contribution in [2.75, 3.05) is 0 Å². The van der Waals surface area contributed by atoms with E-state index in [4.69, 9.17) is 14.2 Å². The van der Waals surface area contributed by atoms with Crippen LogP contribution in [0.25, 0.3) is 0 Å². The molecule has 0 radical (unpaired) electrons. The van der Waals surface area contributed by atoms with E-state index in [-0.39, 0.29) is 35.1 Å². The lowest BCUT2D eigenvalue weighted by molar-refractivity contribution is -0.207.